The lowest BCUT2D eigenvalue weighted by atomic mass is 10.1. The van der Waals surface area contributed by atoms with Crippen LogP contribution in [0.5, 0.6) is 0 Å². The topological polar surface area (TPSA) is 35.6 Å². The van der Waals surface area contributed by atoms with Crippen molar-refractivity contribution in [3.05, 3.63) is 23.8 Å². The van der Waals surface area contributed by atoms with Gasteiger partial charge >= 0.3 is 0 Å². The first kappa shape index (κ1) is 12.4. The lowest BCUT2D eigenvalue weighted by Crippen LogP contribution is -2.43. The largest absolute Gasteiger partial charge is 0.369 e. The molecule has 1 amide bonds. The average molecular weight is 263 g/mol. The maximum Gasteiger partial charge on any atom is 0.231 e. The van der Waals surface area contributed by atoms with E-state index in [1.165, 1.54) is 0 Å². The second-order valence-electron chi connectivity index (χ2n) is 4.96. The van der Waals surface area contributed by atoms with Crippen molar-refractivity contribution in [2.24, 2.45) is 0 Å². The van der Waals surface area contributed by atoms with Crippen LogP contribution in [0.1, 0.15) is 5.56 Å². The van der Waals surface area contributed by atoms with Crippen LogP contribution in [-0.2, 0) is 11.2 Å². The lowest BCUT2D eigenvalue weighted by molar-refractivity contribution is -0.117. The summed E-state index contributed by atoms with van der Waals surface area (Å²) in [6.45, 7) is 3.62. The highest BCUT2D eigenvalue weighted by molar-refractivity contribution is 6.01. The standard InChI is InChI=1S/C14H18FN3O/c15-3-6-18-13-2-1-12(9-11(13)10-14(18)19)17-7-4-16-5-8-17/h1-2,9,16H,3-8,10H2. The number of amides is 1. The molecular formula is C14H18FN3O. The third kappa shape index (κ3) is 2.30. The third-order valence-electron chi connectivity index (χ3n) is 3.79. The van der Waals surface area contributed by atoms with Crippen LogP contribution in [0.3, 0.4) is 0 Å². The summed E-state index contributed by atoms with van der Waals surface area (Å²) in [5.41, 5.74) is 3.06. The van der Waals surface area contributed by atoms with E-state index in [0.29, 0.717) is 6.42 Å². The molecule has 0 unspecified atom stereocenters. The van der Waals surface area contributed by atoms with Crippen LogP contribution in [0.15, 0.2) is 18.2 Å². The van der Waals surface area contributed by atoms with Crippen molar-refractivity contribution in [2.75, 3.05) is 49.2 Å². The second-order valence-corrected chi connectivity index (χ2v) is 4.96. The number of fused-ring (bicyclic) bond motifs is 1. The Morgan fingerprint density at radius 1 is 1.26 bits per heavy atom. The number of anilines is 2. The first-order valence-corrected chi connectivity index (χ1v) is 6.74. The summed E-state index contributed by atoms with van der Waals surface area (Å²) in [7, 11) is 0. The molecule has 0 bridgehead atoms. The molecular weight excluding hydrogens is 245 g/mol. The molecule has 0 saturated carbocycles. The summed E-state index contributed by atoms with van der Waals surface area (Å²) >= 11 is 0. The van der Waals surface area contributed by atoms with Crippen molar-refractivity contribution >= 4 is 17.3 Å². The van der Waals surface area contributed by atoms with E-state index in [1.807, 2.05) is 12.1 Å². The summed E-state index contributed by atoms with van der Waals surface area (Å²) in [5, 5.41) is 3.32. The number of alkyl halides is 1. The first-order valence-electron chi connectivity index (χ1n) is 6.74. The number of halogens is 1. The molecule has 1 aromatic carbocycles. The quantitative estimate of drug-likeness (QED) is 0.882. The predicted molar refractivity (Wildman–Crippen MR) is 73.6 cm³/mol. The van der Waals surface area contributed by atoms with Crippen LogP contribution in [0, 0.1) is 0 Å². The SMILES string of the molecule is O=C1Cc2cc(N3CCNCC3)ccc2N1CCF. The van der Waals surface area contributed by atoms with Crippen molar-refractivity contribution in [3.63, 3.8) is 0 Å². The van der Waals surface area contributed by atoms with Crippen molar-refractivity contribution in [2.45, 2.75) is 6.42 Å². The Morgan fingerprint density at radius 3 is 2.79 bits per heavy atom. The fourth-order valence-corrected chi connectivity index (χ4v) is 2.82. The van der Waals surface area contributed by atoms with Crippen LogP contribution in [0.25, 0.3) is 0 Å². The number of hydrogen-bond donors (Lipinski definition) is 1. The molecule has 1 N–H and O–H groups in total. The summed E-state index contributed by atoms with van der Waals surface area (Å²) < 4.78 is 12.5. The third-order valence-corrected chi connectivity index (χ3v) is 3.79. The molecule has 2 aliphatic heterocycles. The van der Waals surface area contributed by atoms with Gasteiger partial charge in [-0.15, -0.1) is 0 Å². The fraction of sp³-hybridized carbons (Fsp3) is 0.500. The van der Waals surface area contributed by atoms with Gasteiger partial charge in [0.05, 0.1) is 13.0 Å². The maximum atomic E-state index is 12.5. The number of piperazine rings is 1. The Hall–Kier alpha value is -1.62. The molecule has 0 spiro atoms. The summed E-state index contributed by atoms with van der Waals surface area (Å²) in [6, 6.07) is 6.07. The van der Waals surface area contributed by atoms with Gasteiger partial charge in [0.25, 0.3) is 0 Å². The molecule has 1 fully saturated rings. The molecule has 5 heteroatoms. The normalized spacial score (nSPS) is 18.9. The van der Waals surface area contributed by atoms with Gasteiger partial charge in [0.15, 0.2) is 0 Å². The second kappa shape index (κ2) is 5.17. The molecule has 102 valence electrons. The molecule has 0 radical (unpaired) electrons. The number of carbonyl (C=O) groups excluding carboxylic acids is 1. The zero-order chi connectivity index (χ0) is 13.2. The van der Waals surface area contributed by atoms with Gasteiger partial charge in [0, 0.05) is 37.6 Å². The van der Waals surface area contributed by atoms with E-state index < -0.39 is 6.67 Å². The van der Waals surface area contributed by atoms with E-state index >= 15 is 0 Å². The van der Waals surface area contributed by atoms with E-state index in [1.54, 1.807) is 4.90 Å². The van der Waals surface area contributed by atoms with Crippen molar-refractivity contribution in [1.29, 1.82) is 0 Å². The number of nitrogens with one attached hydrogen (secondary N) is 1. The molecule has 1 saturated heterocycles. The maximum absolute atomic E-state index is 12.5. The highest BCUT2D eigenvalue weighted by Gasteiger charge is 2.27. The van der Waals surface area contributed by atoms with E-state index in [2.05, 4.69) is 16.3 Å². The molecule has 0 aromatic heterocycles. The van der Waals surface area contributed by atoms with Gasteiger partial charge < -0.3 is 15.1 Å². The van der Waals surface area contributed by atoms with Gasteiger partial charge in [0.2, 0.25) is 5.91 Å². The Morgan fingerprint density at radius 2 is 2.05 bits per heavy atom. The first-order chi connectivity index (χ1) is 9.29. The van der Waals surface area contributed by atoms with E-state index in [4.69, 9.17) is 0 Å². The van der Waals surface area contributed by atoms with Crippen LogP contribution in [0.2, 0.25) is 0 Å². The average Bonchev–Trinajstić information content (AvgIpc) is 2.76. The fourth-order valence-electron chi connectivity index (χ4n) is 2.82. The number of nitrogens with zero attached hydrogens (tertiary/aromatic N) is 2. The van der Waals surface area contributed by atoms with Gasteiger partial charge in [-0.25, -0.2) is 4.39 Å². The van der Waals surface area contributed by atoms with Crippen molar-refractivity contribution < 1.29 is 9.18 Å². The van der Waals surface area contributed by atoms with Gasteiger partial charge in [-0.1, -0.05) is 0 Å². The summed E-state index contributed by atoms with van der Waals surface area (Å²) in [6.07, 6.45) is 0.398. The number of benzene rings is 1. The van der Waals surface area contributed by atoms with E-state index in [0.717, 1.165) is 43.1 Å². The Bertz CT molecular complexity index is 486. The Labute approximate surface area is 112 Å². The van der Waals surface area contributed by atoms with Gasteiger partial charge in [-0.05, 0) is 23.8 Å². The molecule has 1 aromatic rings. The van der Waals surface area contributed by atoms with Crippen LogP contribution >= 0.6 is 0 Å². The molecule has 0 aliphatic carbocycles. The summed E-state index contributed by atoms with van der Waals surface area (Å²) in [4.78, 5) is 15.7. The van der Waals surface area contributed by atoms with Crippen molar-refractivity contribution in [3.8, 4) is 0 Å². The number of carbonyl (C=O) groups is 1. The van der Waals surface area contributed by atoms with Gasteiger partial charge in [-0.3, -0.25) is 4.79 Å². The number of hydrogen-bond acceptors (Lipinski definition) is 3. The molecule has 4 nitrogen and oxygen atoms in total. The van der Waals surface area contributed by atoms with E-state index in [9.17, 15) is 9.18 Å². The van der Waals surface area contributed by atoms with Gasteiger partial charge in [0.1, 0.15) is 6.67 Å². The Kier molecular flexibility index (Phi) is 3.38. The molecule has 19 heavy (non-hydrogen) atoms. The smallest absolute Gasteiger partial charge is 0.231 e. The van der Waals surface area contributed by atoms with E-state index in [-0.39, 0.29) is 12.5 Å². The van der Waals surface area contributed by atoms with Crippen LogP contribution in [-0.4, -0.2) is 45.3 Å². The molecule has 2 aliphatic rings. The number of rotatable bonds is 3. The minimum absolute atomic E-state index is 0.00473. The summed E-state index contributed by atoms with van der Waals surface area (Å²) in [5.74, 6) is 0.00473. The van der Waals surface area contributed by atoms with Crippen LogP contribution < -0.4 is 15.1 Å². The monoisotopic (exact) mass is 263 g/mol. The Balaban J connectivity index is 1.85. The molecule has 3 rings (SSSR count). The lowest BCUT2D eigenvalue weighted by Gasteiger charge is -2.30. The zero-order valence-electron chi connectivity index (χ0n) is 10.9. The van der Waals surface area contributed by atoms with Gasteiger partial charge in [-0.2, -0.15) is 0 Å². The minimum atomic E-state index is -0.495. The predicted octanol–water partition coefficient (Wildman–Crippen LogP) is 0.955. The van der Waals surface area contributed by atoms with Crippen LogP contribution in [0.4, 0.5) is 15.8 Å². The zero-order valence-corrected chi connectivity index (χ0v) is 10.9. The highest BCUT2D eigenvalue weighted by atomic mass is 19.1. The van der Waals surface area contributed by atoms with Crippen molar-refractivity contribution in [1.82, 2.24) is 5.32 Å². The minimum Gasteiger partial charge on any atom is -0.369 e. The molecule has 0 atom stereocenters. The molecule has 2 heterocycles. The highest BCUT2D eigenvalue weighted by Crippen LogP contribution is 2.32.